The Labute approximate surface area is 126 Å². The number of aromatic nitrogens is 1. The van der Waals surface area contributed by atoms with Gasteiger partial charge < -0.3 is 10.3 Å². The molecule has 2 nitrogen and oxygen atoms in total. The number of nitrogens with one attached hydrogen (secondary N) is 2. The summed E-state index contributed by atoms with van der Waals surface area (Å²) < 4.78 is 0. The molecule has 1 unspecified atom stereocenters. The molecule has 1 atom stereocenters. The summed E-state index contributed by atoms with van der Waals surface area (Å²) >= 11 is 0. The highest BCUT2D eigenvalue weighted by molar-refractivity contribution is 6.07. The van der Waals surface area contributed by atoms with Crippen LogP contribution in [0.3, 0.4) is 0 Å². The number of hydrogen-bond donors (Lipinski definition) is 2. The van der Waals surface area contributed by atoms with Gasteiger partial charge in [-0.2, -0.15) is 0 Å². The van der Waals surface area contributed by atoms with Gasteiger partial charge in [0, 0.05) is 27.8 Å². The molecule has 2 aromatic carbocycles. The number of para-hydroxylation sites is 1. The third-order valence-electron chi connectivity index (χ3n) is 4.31. The molecule has 0 aliphatic heterocycles. The Morgan fingerprint density at radius 2 is 1.71 bits per heavy atom. The molecule has 21 heavy (non-hydrogen) atoms. The topological polar surface area (TPSA) is 27.8 Å². The van der Waals surface area contributed by atoms with Gasteiger partial charge in [0.15, 0.2) is 0 Å². The van der Waals surface area contributed by atoms with Crippen molar-refractivity contribution < 1.29 is 0 Å². The fraction of sp³-hybridized carbons (Fsp3) is 0.368. The fourth-order valence-corrected chi connectivity index (χ4v) is 3.06. The van der Waals surface area contributed by atoms with E-state index in [0.717, 1.165) is 5.92 Å². The van der Waals surface area contributed by atoms with Gasteiger partial charge in [-0.05, 0) is 49.6 Å². The van der Waals surface area contributed by atoms with Crippen molar-refractivity contribution in [3.05, 3.63) is 48.0 Å². The van der Waals surface area contributed by atoms with Crippen LogP contribution in [0.25, 0.3) is 21.8 Å². The van der Waals surface area contributed by atoms with E-state index in [1.54, 1.807) is 0 Å². The van der Waals surface area contributed by atoms with E-state index in [9.17, 15) is 0 Å². The summed E-state index contributed by atoms with van der Waals surface area (Å²) in [5.74, 6) is 0.748. The molecule has 1 aromatic heterocycles. The van der Waals surface area contributed by atoms with Gasteiger partial charge in [0.05, 0.1) is 0 Å². The molecule has 3 aromatic rings. The van der Waals surface area contributed by atoms with E-state index in [-0.39, 0.29) is 0 Å². The van der Waals surface area contributed by atoms with Crippen molar-refractivity contribution in [2.75, 3.05) is 7.05 Å². The van der Waals surface area contributed by atoms with Crippen LogP contribution in [0.4, 0.5) is 0 Å². The average molecular weight is 280 g/mol. The normalized spacial score (nSPS) is 13.3. The van der Waals surface area contributed by atoms with Gasteiger partial charge in [-0.3, -0.25) is 0 Å². The summed E-state index contributed by atoms with van der Waals surface area (Å²) in [5, 5.41) is 6.11. The Balaban J connectivity index is 2.00. The average Bonchev–Trinajstić information content (AvgIpc) is 2.85. The Morgan fingerprint density at radius 1 is 0.952 bits per heavy atom. The largest absolute Gasteiger partial charge is 0.355 e. The van der Waals surface area contributed by atoms with Gasteiger partial charge in [-0.25, -0.2) is 0 Å². The number of benzene rings is 2. The molecule has 2 N–H and O–H groups in total. The van der Waals surface area contributed by atoms with E-state index in [0.29, 0.717) is 6.04 Å². The van der Waals surface area contributed by atoms with Crippen LogP contribution in [0.2, 0.25) is 0 Å². The second kappa shape index (κ2) is 5.90. The zero-order valence-corrected chi connectivity index (χ0v) is 13.1. The lowest BCUT2D eigenvalue weighted by Gasteiger charge is -2.18. The zero-order chi connectivity index (χ0) is 14.8. The highest BCUT2D eigenvalue weighted by atomic mass is 14.9. The van der Waals surface area contributed by atoms with Crippen molar-refractivity contribution in [3.8, 4) is 0 Å². The predicted octanol–water partition coefficient (Wildman–Crippen LogP) is 5.02. The SMILES string of the molecule is CNC(CCC(C)C)c1ccc2[nH]c3ccccc3c2c1. The van der Waals surface area contributed by atoms with Gasteiger partial charge in [0.25, 0.3) is 0 Å². The van der Waals surface area contributed by atoms with Gasteiger partial charge >= 0.3 is 0 Å². The van der Waals surface area contributed by atoms with Crippen LogP contribution >= 0.6 is 0 Å². The van der Waals surface area contributed by atoms with E-state index in [1.807, 2.05) is 0 Å². The highest BCUT2D eigenvalue weighted by Gasteiger charge is 2.12. The van der Waals surface area contributed by atoms with Crippen LogP contribution in [0, 0.1) is 5.92 Å². The van der Waals surface area contributed by atoms with Crippen LogP contribution in [0.5, 0.6) is 0 Å². The number of aromatic amines is 1. The lowest BCUT2D eigenvalue weighted by Crippen LogP contribution is -2.16. The van der Waals surface area contributed by atoms with E-state index in [1.165, 1.54) is 40.2 Å². The second-order valence-corrected chi connectivity index (χ2v) is 6.29. The molecule has 0 saturated heterocycles. The van der Waals surface area contributed by atoms with Gasteiger partial charge in [-0.1, -0.05) is 38.1 Å². The van der Waals surface area contributed by atoms with Crippen molar-refractivity contribution in [1.29, 1.82) is 0 Å². The quantitative estimate of drug-likeness (QED) is 0.675. The first-order valence-corrected chi connectivity index (χ1v) is 7.86. The summed E-state index contributed by atoms with van der Waals surface area (Å²) in [4.78, 5) is 3.49. The zero-order valence-electron chi connectivity index (χ0n) is 13.1. The van der Waals surface area contributed by atoms with E-state index < -0.39 is 0 Å². The van der Waals surface area contributed by atoms with Gasteiger partial charge in [-0.15, -0.1) is 0 Å². The first-order chi connectivity index (χ1) is 10.2. The number of rotatable bonds is 5. The number of fused-ring (bicyclic) bond motifs is 3. The van der Waals surface area contributed by atoms with E-state index >= 15 is 0 Å². The molecule has 0 fully saturated rings. The maximum absolute atomic E-state index is 3.49. The lowest BCUT2D eigenvalue weighted by molar-refractivity contribution is 0.465. The van der Waals surface area contributed by atoms with Crippen LogP contribution in [-0.4, -0.2) is 12.0 Å². The maximum Gasteiger partial charge on any atom is 0.0465 e. The molecule has 0 saturated carbocycles. The fourth-order valence-electron chi connectivity index (χ4n) is 3.06. The maximum atomic E-state index is 3.49. The van der Waals surface area contributed by atoms with Crippen molar-refractivity contribution >= 4 is 21.8 Å². The highest BCUT2D eigenvalue weighted by Crippen LogP contribution is 2.29. The molecule has 0 amide bonds. The monoisotopic (exact) mass is 280 g/mol. The molecule has 3 rings (SSSR count). The summed E-state index contributed by atoms with van der Waals surface area (Å²) in [7, 11) is 2.06. The Morgan fingerprint density at radius 3 is 2.48 bits per heavy atom. The molecule has 110 valence electrons. The van der Waals surface area contributed by atoms with Crippen molar-refractivity contribution in [2.24, 2.45) is 5.92 Å². The minimum absolute atomic E-state index is 0.436. The summed E-state index contributed by atoms with van der Waals surface area (Å²) in [6.07, 6.45) is 2.43. The minimum Gasteiger partial charge on any atom is -0.355 e. The van der Waals surface area contributed by atoms with Gasteiger partial charge in [0.2, 0.25) is 0 Å². The smallest absolute Gasteiger partial charge is 0.0465 e. The Bertz CT molecular complexity index is 739. The van der Waals surface area contributed by atoms with Crippen LogP contribution in [0.15, 0.2) is 42.5 Å². The first-order valence-electron chi connectivity index (χ1n) is 7.86. The molecule has 0 aliphatic carbocycles. The Kier molecular flexibility index (Phi) is 3.98. The van der Waals surface area contributed by atoms with Crippen LogP contribution in [-0.2, 0) is 0 Å². The van der Waals surface area contributed by atoms with Crippen LogP contribution < -0.4 is 5.32 Å². The van der Waals surface area contributed by atoms with Crippen molar-refractivity contribution in [2.45, 2.75) is 32.7 Å². The summed E-state index contributed by atoms with van der Waals surface area (Å²) in [6, 6.07) is 15.8. The molecule has 0 spiro atoms. The van der Waals surface area contributed by atoms with E-state index in [2.05, 4.69) is 73.7 Å². The predicted molar refractivity (Wildman–Crippen MR) is 91.7 cm³/mol. The van der Waals surface area contributed by atoms with Crippen LogP contribution in [0.1, 0.15) is 38.3 Å². The molecule has 0 aliphatic rings. The summed E-state index contributed by atoms with van der Waals surface area (Å²) in [6.45, 7) is 4.57. The third kappa shape index (κ3) is 2.81. The minimum atomic E-state index is 0.436. The van der Waals surface area contributed by atoms with Crippen molar-refractivity contribution in [3.63, 3.8) is 0 Å². The number of hydrogen-bond acceptors (Lipinski definition) is 1. The molecular formula is C19H24N2. The van der Waals surface area contributed by atoms with E-state index in [4.69, 9.17) is 0 Å². The molecule has 1 heterocycles. The molecule has 0 radical (unpaired) electrons. The Hall–Kier alpha value is -1.80. The van der Waals surface area contributed by atoms with Gasteiger partial charge in [0.1, 0.15) is 0 Å². The third-order valence-corrected chi connectivity index (χ3v) is 4.31. The lowest BCUT2D eigenvalue weighted by atomic mass is 9.96. The number of H-pyrrole nitrogens is 1. The summed E-state index contributed by atoms with van der Waals surface area (Å²) in [5.41, 5.74) is 3.82. The van der Waals surface area contributed by atoms with Crippen molar-refractivity contribution in [1.82, 2.24) is 10.3 Å². The molecule has 2 heteroatoms. The first kappa shape index (κ1) is 14.2. The standard InChI is InChI=1S/C19H24N2/c1-13(2)8-10-17(20-3)14-9-11-19-16(12-14)15-6-4-5-7-18(15)21-19/h4-7,9,11-13,17,20-21H,8,10H2,1-3H3. The molecular weight excluding hydrogens is 256 g/mol. The second-order valence-electron chi connectivity index (χ2n) is 6.29. The molecule has 0 bridgehead atoms.